The first-order chi connectivity index (χ1) is 8.66. The fourth-order valence-electron chi connectivity index (χ4n) is 2.25. The van der Waals surface area contributed by atoms with E-state index in [1.807, 2.05) is 0 Å². The zero-order valence-electron chi connectivity index (χ0n) is 12.5. The molecule has 1 unspecified atom stereocenters. The normalized spacial score (nSPS) is 12.6. The minimum Gasteiger partial charge on any atom is -0.328 e. The maximum Gasteiger partial charge on any atom is 0.129 e. The number of hydrogen-bond donors (Lipinski definition) is 1. The number of carbonyl (C=O) groups is 1. The van der Waals surface area contributed by atoms with Gasteiger partial charge in [-0.2, -0.15) is 0 Å². The number of carbonyl (C=O) groups excluding carboxylic acids is 1. The van der Waals surface area contributed by atoms with E-state index in [9.17, 15) is 4.79 Å². The first kappa shape index (κ1) is 17.6. The van der Waals surface area contributed by atoms with Gasteiger partial charge in [0.1, 0.15) is 5.78 Å². The fraction of sp³-hybridized carbons (Fsp3) is 0.938. The van der Waals surface area contributed by atoms with E-state index >= 15 is 0 Å². The Balaban J connectivity index is 3.12. The summed E-state index contributed by atoms with van der Waals surface area (Å²) in [6.45, 7) is 3.90. The fourth-order valence-corrected chi connectivity index (χ4v) is 2.25. The molecule has 2 heteroatoms. The molecular formula is C16H33NO. The van der Waals surface area contributed by atoms with Crippen molar-refractivity contribution >= 4 is 5.78 Å². The van der Waals surface area contributed by atoms with Gasteiger partial charge in [-0.05, 0) is 19.8 Å². The zero-order chi connectivity index (χ0) is 13.6. The van der Waals surface area contributed by atoms with Crippen molar-refractivity contribution in [1.29, 1.82) is 0 Å². The van der Waals surface area contributed by atoms with Crippen LogP contribution in [0.5, 0.6) is 0 Å². The van der Waals surface area contributed by atoms with Crippen molar-refractivity contribution in [2.45, 2.75) is 96.9 Å². The van der Waals surface area contributed by atoms with E-state index in [0.29, 0.717) is 6.42 Å². The highest BCUT2D eigenvalue weighted by molar-refractivity contribution is 5.75. The van der Waals surface area contributed by atoms with Crippen LogP contribution in [-0.4, -0.2) is 11.8 Å². The lowest BCUT2D eigenvalue weighted by Crippen LogP contribution is -2.20. The Morgan fingerprint density at radius 1 is 0.889 bits per heavy atom. The van der Waals surface area contributed by atoms with Gasteiger partial charge < -0.3 is 10.5 Å². The van der Waals surface area contributed by atoms with E-state index in [2.05, 4.69) is 6.92 Å². The quantitative estimate of drug-likeness (QED) is 0.489. The Kier molecular flexibility index (Phi) is 12.8. The molecule has 0 saturated carbocycles. The molecule has 0 radical (unpaired) electrons. The zero-order valence-corrected chi connectivity index (χ0v) is 12.5. The van der Waals surface area contributed by atoms with Crippen LogP contribution in [0, 0.1) is 0 Å². The second-order valence-corrected chi connectivity index (χ2v) is 5.62. The number of ketones is 1. The van der Waals surface area contributed by atoms with Gasteiger partial charge in [-0.25, -0.2) is 0 Å². The molecule has 0 aromatic rings. The first-order valence-electron chi connectivity index (χ1n) is 7.91. The summed E-state index contributed by atoms with van der Waals surface area (Å²) < 4.78 is 0. The summed E-state index contributed by atoms with van der Waals surface area (Å²) in [6, 6.07) is 0.235. The number of Topliss-reactive ketones (excluding diaryl/α,β-unsaturated/α-hetero) is 1. The van der Waals surface area contributed by atoms with Gasteiger partial charge in [0, 0.05) is 12.5 Å². The van der Waals surface area contributed by atoms with Gasteiger partial charge in [-0.15, -0.1) is 0 Å². The molecule has 18 heavy (non-hydrogen) atoms. The van der Waals surface area contributed by atoms with Crippen LogP contribution in [-0.2, 0) is 4.79 Å². The molecule has 0 rings (SSSR count). The number of unbranched alkanes of at least 4 members (excludes halogenated alkanes) is 8. The standard InChI is InChI=1S/C16H33NO/c1-3-4-5-6-7-8-9-10-11-12-16(17)14-13-15(2)18/h16H,3-14,17H2,1-2H3. The first-order valence-corrected chi connectivity index (χ1v) is 7.91. The highest BCUT2D eigenvalue weighted by atomic mass is 16.1. The molecule has 0 aliphatic heterocycles. The summed E-state index contributed by atoms with van der Waals surface area (Å²) in [6.07, 6.45) is 14.8. The molecule has 2 nitrogen and oxygen atoms in total. The van der Waals surface area contributed by atoms with Crippen LogP contribution in [0.4, 0.5) is 0 Å². The van der Waals surface area contributed by atoms with E-state index < -0.39 is 0 Å². The van der Waals surface area contributed by atoms with Crippen molar-refractivity contribution in [3.05, 3.63) is 0 Å². The lowest BCUT2D eigenvalue weighted by atomic mass is 10.0. The molecule has 2 N–H and O–H groups in total. The smallest absolute Gasteiger partial charge is 0.129 e. The van der Waals surface area contributed by atoms with Crippen LogP contribution >= 0.6 is 0 Å². The summed E-state index contributed by atoms with van der Waals surface area (Å²) >= 11 is 0. The van der Waals surface area contributed by atoms with Crippen molar-refractivity contribution in [3.63, 3.8) is 0 Å². The molecule has 0 amide bonds. The molecule has 0 saturated heterocycles. The average molecular weight is 255 g/mol. The molecule has 108 valence electrons. The van der Waals surface area contributed by atoms with Crippen LogP contribution in [0.3, 0.4) is 0 Å². The Morgan fingerprint density at radius 2 is 1.39 bits per heavy atom. The SMILES string of the molecule is CCCCCCCCCCCC(N)CCC(C)=O. The Hall–Kier alpha value is -0.370. The van der Waals surface area contributed by atoms with Gasteiger partial charge in [-0.3, -0.25) is 0 Å². The molecule has 0 aromatic heterocycles. The van der Waals surface area contributed by atoms with E-state index in [1.54, 1.807) is 6.92 Å². The van der Waals surface area contributed by atoms with Crippen molar-refractivity contribution in [1.82, 2.24) is 0 Å². The number of nitrogens with two attached hydrogens (primary N) is 1. The molecular weight excluding hydrogens is 222 g/mol. The van der Waals surface area contributed by atoms with Gasteiger partial charge in [0.05, 0.1) is 0 Å². The Bertz CT molecular complexity index is 192. The summed E-state index contributed by atoms with van der Waals surface area (Å²) in [5, 5.41) is 0. The Labute approximate surface area is 114 Å². The van der Waals surface area contributed by atoms with E-state index in [4.69, 9.17) is 5.73 Å². The molecule has 0 heterocycles. The lowest BCUT2D eigenvalue weighted by Gasteiger charge is -2.09. The third-order valence-electron chi connectivity index (χ3n) is 3.55. The molecule has 1 atom stereocenters. The molecule has 0 spiro atoms. The minimum atomic E-state index is 0.235. The molecule has 0 bridgehead atoms. The average Bonchev–Trinajstić information content (AvgIpc) is 2.34. The maximum atomic E-state index is 10.8. The summed E-state index contributed by atoms with van der Waals surface area (Å²) in [5.74, 6) is 0.262. The van der Waals surface area contributed by atoms with Crippen LogP contribution in [0.2, 0.25) is 0 Å². The third-order valence-corrected chi connectivity index (χ3v) is 3.55. The third kappa shape index (κ3) is 13.7. The summed E-state index contributed by atoms with van der Waals surface area (Å²) in [4.78, 5) is 10.8. The lowest BCUT2D eigenvalue weighted by molar-refractivity contribution is -0.117. The topological polar surface area (TPSA) is 43.1 Å². The number of rotatable bonds is 13. The van der Waals surface area contributed by atoms with Gasteiger partial charge in [0.15, 0.2) is 0 Å². The molecule has 0 aliphatic rings. The van der Waals surface area contributed by atoms with Crippen molar-refractivity contribution in [2.24, 2.45) is 5.73 Å². The second kappa shape index (κ2) is 13.1. The largest absolute Gasteiger partial charge is 0.328 e. The van der Waals surface area contributed by atoms with E-state index in [0.717, 1.165) is 12.8 Å². The predicted molar refractivity (Wildman–Crippen MR) is 79.7 cm³/mol. The van der Waals surface area contributed by atoms with Gasteiger partial charge in [0.2, 0.25) is 0 Å². The Morgan fingerprint density at radius 3 is 1.89 bits per heavy atom. The van der Waals surface area contributed by atoms with E-state index in [-0.39, 0.29) is 11.8 Å². The minimum absolute atomic E-state index is 0.235. The highest BCUT2D eigenvalue weighted by Gasteiger charge is 2.03. The van der Waals surface area contributed by atoms with Crippen molar-refractivity contribution in [3.8, 4) is 0 Å². The summed E-state index contributed by atoms with van der Waals surface area (Å²) in [7, 11) is 0. The maximum absolute atomic E-state index is 10.8. The second-order valence-electron chi connectivity index (χ2n) is 5.62. The van der Waals surface area contributed by atoms with Gasteiger partial charge in [0.25, 0.3) is 0 Å². The van der Waals surface area contributed by atoms with Gasteiger partial charge in [-0.1, -0.05) is 64.7 Å². The highest BCUT2D eigenvalue weighted by Crippen LogP contribution is 2.12. The monoisotopic (exact) mass is 255 g/mol. The van der Waals surface area contributed by atoms with Crippen LogP contribution < -0.4 is 5.73 Å². The van der Waals surface area contributed by atoms with Crippen LogP contribution in [0.1, 0.15) is 90.9 Å². The predicted octanol–water partition coefficient (Wildman–Crippen LogP) is 4.60. The molecule has 0 aromatic carbocycles. The van der Waals surface area contributed by atoms with E-state index in [1.165, 1.54) is 57.8 Å². The van der Waals surface area contributed by atoms with Crippen molar-refractivity contribution in [2.75, 3.05) is 0 Å². The molecule has 0 aliphatic carbocycles. The van der Waals surface area contributed by atoms with Crippen LogP contribution in [0.15, 0.2) is 0 Å². The summed E-state index contributed by atoms with van der Waals surface area (Å²) in [5.41, 5.74) is 5.97. The van der Waals surface area contributed by atoms with Crippen LogP contribution in [0.25, 0.3) is 0 Å². The molecule has 0 fully saturated rings. The van der Waals surface area contributed by atoms with Gasteiger partial charge >= 0.3 is 0 Å². The number of hydrogen-bond acceptors (Lipinski definition) is 2. The van der Waals surface area contributed by atoms with Crippen molar-refractivity contribution < 1.29 is 4.79 Å².